The fourth-order valence-corrected chi connectivity index (χ4v) is 17.4. The second-order valence-corrected chi connectivity index (χ2v) is 35.9. The number of imidazole rings is 3. The van der Waals surface area contributed by atoms with Crippen LogP contribution in [0.2, 0.25) is 0 Å². The standard InChI is InChI=1S/C21H16N2.C19H14N4.C17H14N2.C16H13N.2C14H12N2.C14H11N.C8H7N3.C8H8N2/c1-15-12-13-18-19(14-15)23-21(17-10-6-3-7-11-17)20(22-18)16-8-4-2-5-9-16;1-13-8-9-14-17(12-13)23-19(16-7-3-5-11-21-16)18(22-14)15-6-2-4-10-20-15;1-13-11-16(14-7-3-2-4-8-14)19-17(12-13)15-9-5-6-10-18-15;1-12-11-15(13-7-3-2-4-8-13)14-9-5-6-10-16(14)17-12;2*1-11-6-5-9-14-15-13(10-16(11)14)12-7-3-2-4-8-12;1-10-11-6-2-4-8-13(11)15-14-9-5-3-7-12(10)14;1-6-4-10-7-2-3-9-5-8(7)11-6;1-7-6-10-5-3-2-4-8(10)9-7/h2-14H,1H3;2-12H,1H3;2-12H,1H3;2-11H,1H3;2*2-10H,1H3;2-9H,1H3;2-5H,1H3;2-6H,1H3. The summed E-state index contributed by atoms with van der Waals surface area (Å²) in [6.45, 7) is 18.5. The molecule has 27 aromatic rings. The van der Waals surface area contributed by atoms with Crippen LogP contribution in [0.15, 0.2) is 487 Å². The molecule has 0 saturated heterocycles. The van der Waals surface area contributed by atoms with Crippen LogP contribution in [0.1, 0.15) is 50.7 Å². The van der Waals surface area contributed by atoms with Gasteiger partial charge in [0.1, 0.15) is 33.8 Å². The van der Waals surface area contributed by atoms with Gasteiger partial charge in [-0.15, -0.1) is 0 Å². The molecule has 0 aliphatic carbocycles. The number of rotatable bonds is 9. The molecule has 19 heteroatoms. The number of para-hydroxylation sites is 3. The van der Waals surface area contributed by atoms with Crippen LogP contribution in [0, 0.1) is 62.3 Å². The van der Waals surface area contributed by atoms with Gasteiger partial charge in [-0.05, 0) is 235 Å². The predicted octanol–water partition coefficient (Wildman–Crippen LogP) is 31.0. The van der Waals surface area contributed by atoms with Crippen molar-refractivity contribution in [3.63, 3.8) is 0 Å². The zero-order chi connectivity index (χ0) is 103. The summed E-state index contributed by atoms with van der Waals surface area (Å²) in [5.74, 6) is 0. The van der Waals surface area contributed by atoms with Gasteiger partial charge in [-0.1, -0.05) is 285 Å². The number of fused-ring (bicyclic) bond motifs is 9. The number of aryl methyl sites for hydroxylation is 9. The molecule has 0 radical (unpaired) electrons. The van der Waals surface area contributed by atoms with Crippen molar-refractivity contribution in [2.45, 2.75) is 62.3 Å². The number of pyridine rings is 10. The van der Waals surface area contributed by atoms with Crippen molar-refractivity contribution >= 4 is 82.8 Å². The lowest BCUT2D eigenvalue weighted by Gasteiger charge is -2.10. The monoisotopic (exact) mass is 1950 g/mol. The van der Waals surface area contributed by atoms with Crippen molar-refractivity contribution < 1.29 is 0 Å². The Kier molecular flexibility index (Phi) is 31.5. The Morgan fingerprint density at radius 1 is 0.193 bits per heavy atom. The van der Waals surface area contributed by atoms with E-state index in [4.69, 9.17) is 24.9 Å². The highest BCUT2D eigenvalue weighted by Gasteiger charge is 2.19. The van der Waals surface area contributed by atoms with Gasteiger partial charge in [-0.2, -0.15) is 0 Å². The second-order valence-electron chi connectivity index (χ2n) is 35.9. The number of benzene rings is 11. The molecule has 0 amide bonds. The summed E-state index contributed by atoms with van der Waals surface area (Å²) >= 11 is 0. The van der Waals surface area contributed by atoms with E-state index in [9.17, 15) is 0 Å². The van der Waals surface area contributed by atoms with Crippen molar-refractivity contribution in [2.24, 2.45) is 0 Å². The molecule has 0 fully saturated rings. The Balaban J connectivity index is 0.000000107. The predicted molar refractivity (Wildman–Crippen MR) is 612 cm³/mol. The average Bonchev–Trinajstić information content (AvgIpc) is 1.39. The number of hydrogen-bond acceptors (Lipinski definition) is 16. The van der Waals surface area contributed by atoms with Crippen molar-refractivity contribution in [3.8, 4) is 102 Å². The van der Waals surface area contributed by atoms with Crippen molar-refractivity contribution in [2.75, 3.05) is 0 Å². The van der Waals surface area contributed by atoms with Crippen LogP contribution in [0.3, 0.4) is 0 Å². The molecule has 0 spiro atoms. The maximum absolute atomic E-state index is 4.92. The minimum atomic E-state index is 0.751. The minimum absolute atomic E-state index is 0.751. The number of hydrogen-bond donors (Lipinski definition) is 0. The topological polar surface area (TPSA) is 219 Å². The lowest BCUT2D eigenvalue weighted by Crippen LogP contribution is -1.98. The maximum Gasteiger partial charge on any atom is 0.137 e. The van der Waals surface area contributed by atoms with Crippen LogP contribution in [0.5, 0.6) is 0 Å². The van der Waals surface area contributed by atoms with Gasteiger partial charge in [-0.3, -0.25) is 29.9 Å². The van der Waals surface area contributed by atoms with Crippen LogP contribution in [-0.2, 0) is 0 Å². The first-order valence-corrected chi connectivity index (χ1v) is 49.6. The van der Waals surface area contributed by atoms with Gasteiger partial charge in [0.15, 0.2) is 0 Å². The SMILES string of the molecule is Cc1c2ccccc2nc2ccccc12.Cc1cc(-c2ccccc2)c2ccccc2n1.Cc1cc(-c2ccccc2)nc(-c2ccccn2)c1.Cc1ccc2nc(-c3ccccc3)c(-c3ccccc3)nc2c1.Cc1ccc2nc(-c3ccccn3)c(-c3ccccn3)nc2c1.Cc1cccc2nc(-c3ccccc3)cn12.Cc1cccc2nc(-c3ccccc3)cn12.Cc1cn2ccccc2n1.Cc1cnc2ccncc2n1. The highest BCUT2D eigenvalue weighted by Crippen LogP contribution is 2.36. The van der Waals surface area contributed by atoms with Crippen LogP contribution in [0.4, 0.5) is 0 Å². The summed E-state index contributed by atoms with van der Waals surface area (Å²) in [6.07, 6.45) is 18.7. The Hall–Kier alpha value is -19.7. The fourth-order valence-electron chi connectivity index (χ4n) is 17.4. The first kappa shape index (κ1) is 99.1. The van der Waals surface area contributed by atoms with Gasteiger partial charge in [0.2, 0.25) is 0 Å². The lowest BCUT2D eigenvalue weighted by molar-refractivity contribution is 1.09. The van der Waals surface area contributed by atoms with Gasteiger partial charge in [0.05, 0.1) is 113 Å². The smallest absolute Gasteiger partial charge is 0.137 e. The van der Waals surface area contributed by atoms with E-state index in [0.29, 0.717) is 0 Å². The maximum atomic E-state index is 4.92. The van der Waals surface area contributed by atoms with E-state index in [0.717, 1.165) is 180 Å². The quantitative estimate of drug-likeness (QED) is 0.123. The van der Waals surface area contributed by atoms with E-state index < -0.39 is 0 Å². The van der Waals surface area contributed by atoms with E-state index in [2.05, 4.69) is 293 Å². The van der Waals surface area contributed by atoms with Crippen LogP contribution in [0.25, 0.3) is 184 Å². The van der Waals surface area contributed by atoms with Gasteiger partial charge in [0, 0.05) is 117 Å². The third kappa shape index (κ3) is 24.7. The Labute approximate surface area is 871 Å². The third-order valence-corrected chi connectivity index (χ3v) is 24.8. The first-order chi connectivity index (χ1) is 73.6. The van der Waals surface area contributed by atoms with Crippen molar-refractivity contribution in [1.82, 2.24) is 92.9 Å². The Morgan fingerprint density at radius 3 is 1.10 bits per heavy atom. The highest BCUT2D eigenvalue weighted by atomic mass is 15.0. The summed E-state index contributed by atoms with van der Waals surface area (Å²) in [4.78, 5) is 72.4. The zero-order valence-electron chi connectivity index (χ0n) is 84.7. The Morgan fingerprint density at radius 2 is 0.607 bits per heavy atom. The summed E-state index contributed by atoms with van der Waals surface area (Å²) in [6, 6.07) is 143. The van der Waals surface area contributed by atoms with Gasteiger partial charge in [-0.25, -0.2) is 49.8 Å². The molecule has 0 aliphatic rings. The van der Waals surface area contributed by atoms with Gasteiger partial charge >= 0.3 is 0 Å². The molecule has 726 valence electrons. The highest BCUT2D eigenvalue weighted by molar-refractivity contribution is 5.98. The first-order valence-electron chi connectivity index (χ1n) is 49.6. The summed E-state index contributed by atoms with van der Waals surface area (Å²) in [5, 5.41) is 3.71. The fraction of sp³-hybridized carbons (Fsp3) is 0.0687. The van der Waals surface area contributed by atoms with Crippen LogP contribution >= 0.6 is 0 Å². The van der Waals surface area contributed by atoms with Crippen LogP contribution in [-0.4, -0.2) is 92.9 Å². The third-order valence-electron chi connectivity index (χ3n) is 24.8. The van der Waals surface area contributed by atoms with Gasteiger partial charge < -0.3 is 13.2 Å². The molecule has 11 aromatic carbocycles. The zero-order valence-corrected chi connectivity index (χ0v) is 84.7. The van der Waals surface area contributed by atoms with E-state index in [1.165, 1.54) is 55.4 Å². The van der Waals surface area contributed by atoms with Crippen LogP contribution < -0.4 is 0 Å². The molecule has 150 heavy (non-hydrogen) atoms. The Bertz CT molecular complexity index is 8800. The molecule has 16 heterocycles. The van der Waals surface area contributed by atoms with E-state index in [1.807, 2.05) is 287 Å². The van der Waals surface area contributed by atoms with E-state index in [-0.39, 0.29) is 0 Å². The summed E-state index contributed by atoms with van der Waals surface area (Å²) < 4.78 is 6.24. The van der Waals surface area contributed by atoms with E-state index in [1.54, 1.807) is 37.2 Å². The van der Waals surface area contributed by atoms with Crippen molar-refractivity contribution in [1.29, 1.82) is 0 Å². The molecule has 0 atom stereocenters. The van der Waals surface area contributed by atoms with E-state index >= 15 is 0 Å². The molecule has 0 N–H and O–H groups in total. The molecule has 27 rings (SSSR count). The largest absolute Gasteiger partial charge is 0.307 e. The molecule has 16 aromatic heterocycles. The lowest BCUT2D eigenvalue weighted by atomic mass is 10.0. The molecule has 19 nitrogen and oxygen atoms in total. The molecule has 0 saturated carbocycles. The summed E-state index contributed by atoms with van der Waals surface area (Å²) in [5.41, 5.74) is 39.8. The molecular weight excluding hydrogens is 1840 g/mol. The van der Waals surface area contributed by atoms with Gasteiger partial charge in [0.25, 0.3) is 0 Å². The average molecular weight is 1950 g/mol. The minimum Gasteiger partial charge on any atom is -0.307 e. The molecular formula is C131H107N19. The number of aromatic nitrogens is 19. The molecule has 0 aliphatic heterocycles. The van der Waals surface area contributed by atoms with Crippen molar-refractivity contribution in [3.05, 3.63) is 537 Å². The molecule has 0 bridgehead atoms. The molecule has 0 unspecified atom stereocenters. The summed E-state index contributed by atoms with van der Waals surface area (Å²) in [7, 11) is 0. The number of nitrogens with zero attached hydrogens (tertiary/aromatic N) is 19. The second kappa shape index (κ2) is 47.7. The normalized spacial score (nSPS) is 10.7.